The lowest BCUT2D eigenvalue weighted by atomic mass is 10.0. The van der Waals surface area contributed by atoms with E-state index in [1.807, 2.05) is 36.4 Å². The molecule has 1 aliphatic heterocycles. The van der Waals surface area contributed by atoms with Gasteiger partial charge < -0.3 is 5.32 Å². The number of carbonyl (C=O) groups is 1. The van der Waals surface area contributed by atoms with Crippen LogP contribution in [0.4, 0.5) is 0 Å². The summed E-state index contributed by atoms with van der Waals surface area (Å²) in [6, 6.07) is 17.7. The minimum absolute atomic E-state index is 0.0351. The Balaban J connectivity index is 1.50. The maximum atomic E-state index is 13.3. The molecule has 1 N–H and O–H groups in total. The maximum absolute atomic E-state index is 13.3. The van der Waals surface area contributed by atoms with Gasteiger partial charge in [-0.05, 0) is 30.0 Å². The number of hydrogen-bond acceptors (Lipinski definition) is 4. The lowest BCUT2D eigenvalue weighted by Crippen LogP contribution is -2.40. The van der Waals surface area contributed by atoms with Crippen LogP contribution in [0.2, 0.25) is 5.02 Å². The summed E-state index contributed by atoms with van der Waals surface area (Å²) in [6.45, 7) is 4.61. The molecule has 4 rings (SSSR count). The molecule has 6 nitrogen and oxygen atoms in total. The largest absolute Gasteiger partial charge is 0.350 e. The first-order valence-electron chi connectivity index (χ1n) is 11.4. The van der Waals surface area contributed by atoms with Crippen molar-refractivity contribution in [3.05, 3.63) is 98.2 Å². The number of hydrogen-bond donors (Lipinski definition) is 1. The molecule has 2 heterocycles. The van der Waals surface area contributed by atoms with Gasteiger partial charge in [0.15, 0.2) is 0 Å². The highest BCUT2D eigenvalue weighted by Crippen LogP contribution is 2.18. The number of aryl methyl sites for hydroxylation is 1. The zero-order chi connectivity index (χ0) is 23.2. The van der Waals surface area contributed by atoms with Crippen LogP contribution in [0.3, 0.4) is 0 Å². The molecular formula is C26H29ClN4O2. The quantitative estimate of drug-likeness (QED) is 0.551. The van der Waals surface area contributed by atoms with Crippen LogP contribution in [-0.4, -0.2) is 26.9 Å². The number of carbonyl (C=O) groups excluding carboxylic acids is 1. The van der Waals surface area contributed by atoms with Crippen LogP contribution < -0.4 is 10.9 Å². The predicted molar refractivity (Wildman–Crippen MR) is 130 cm³/mol. The summed E-state index contributed by atoms with van der Waals surface area (Å²) < 4.78 is 1.55. The summed E-state index contributed by atoms with van der Waals surface area (Å²) >= 11 is 6.18. The van der Waals surface area contributed by atoms with Crippen LogP contribution in [0.5, 0.6) is 0 Å². The molecule has 3 aromatic rings. The van der Waals surface area contributed by atoms with Crippen molar-refractivity contribution in [2.45, 2.75) is 52.4 Å². The Kier molecular flexibility index (Phi) is 7.57. The van der Waals surface area contributed by atoms with Crippen molar-refractivity contribution in [3.63, 3.8) is 0 Å². The first-order valence-corrected chi connectivity index (χ1v) is 11.8. The normalized spacial score (nSPS) is 13.5. The molecule has 1 amide bonds. The van der Waals surface area contributed by atoms with Gasteiger partial charge >= 0.3 is 0 Å². The Labute approximate surface area is 199 Å². The van der Waals surface area contributed by atoms with Gasteiger partial charge in [0.2, 0.25) is 5.91 Å². The highest BCUT2D eigenvalue weighted by Gasteiger charge is 2.24. The lowest BCUT2D eigenvalue weighted by Gasteiger charge is -2.29. The lowest BCUT2D eigenvalue weighted by molar-refractivity contribution is -0.121. The smallest absolute Gasteiger partial charge is 0.257 e. The van der Waals surface area contributed by atoms with Gasteiger partial charge in [0.25, 0.3) is 5.56 Å². The van der Waals surface area contributed by atoms with Gasteiger partial charge in [-0.15, -0.1) is 0 Å². The third-order valence-electron chi connectivity index (χ3n) is 5.94. The van der Waals surface area contributed by atoms with Gasteiger partial charge in [-0.1, -0.05) is 67.1 Å². The van der Waals surface area contributed by atoms with Gasteiger partial charge in [-0.3, -0.25) is 19.1 Å². The molecule has 7 heteroatoms. The van der Waals surface area contributed by atoms with Crippen molar-refractivity contribution in [3.8, 4) is 0 Å². The standard InChI is InChI=1S/C26H29ClN4O2/c1-2-8-24-29-23-17-30(16-19-9-4-3-5-10-19)14-13-21(23)26(33)31(24)18-25(32)28-15-20-11-6-7-12-22(20)27/h3-7,9-12H,2,8,13-18H2,1H3,(H,28,32). The zero-order valence-corrected chi connectivity index (χ0v) is 19.6. The third-order valence-corrected chi connectivity index (χ3v) is 6.31. The van der Waals surface area contributed by atoms with Crippen LogP contribution >= 0.6 is 11.6 Å². The topological polar surface area (TPSA) is 67.2 Å². The first-order chi connectivity index (χ1) is 16.0. The Hall–Kier alpha value is -2.96. The molecule has 1 aromatic heterocycles. The van der Waals surface area contributed by atoms with Gasteiger partial charge in [-0.2, -0.15) is 0 Å². The minimum Gasteiger partial charge on any atom is -0.350 e. The number of nitrogens with zero attached hydrogens (tertiary/aromatic N) is 3. The van der Waals surface area contributed by atoms with E-state index >= 15 is 0 Å². The molecule has 0 radical (unpaired) electrons. The SMILES string of the molecule is CCCc1nc2c(c(=O)n1CC(=O)NCc1ccccc1Cl)CCN(Cc1ccccc1)C2. The number of amides is 1. The second-order valence-electron chi connectivity index (χ2n) is 8.41. The first kappa shape index (κ1) is 23.2. The number of rotatable bonds is 8. The molecule has 2 aromatic carbocycles. The van der Waals surface area contributed by atoms with Crippen molar-refractivity contribution in [2.75, 3.05) is 6.54 Å². The average molecular weight is 465 g/mol. The van der Waals surface area contributed by atoms with Gasteiger partial charge in [0.05, 0.1) is 5.69 Å². The molecule has 0 aliphatic carbocycles. The summed E-state index contributed by atoms with van der Waals surface area (Å²) in [4.78, 5) is 33.2. The molecule has 0 atom stereocenters. The van der Waals surface area contributed by atoms with E-state index < -0.39 is 0 Å². The van der Waals surface area contributed by atoms with Gasteiger partial charge in [0.1, 0.15) is 12.4 Å². The Morgan fingerprint density at radius 3 is 2.64 bits per heavy atom. The van der Waals surface area contributed by atoms with Crippen LogP contribution in [0.25, 0.3) is 0 Å². The molecule has 0 unspecified atom stereocenters. The number of benzene rings is 2. The highest BCUT2D eigenvalue weighted by molar-refractivity contribution is 6.31. The second-order valence-corrected chi connectivity index (χ2v) is 8.82. The Morgan fingerprint density at radius 2 is 1.88 bits per heavy atom. The third kappa shape index (κ3) is 5.70. The molecule has 0 spiro atoms. The maximum Gasteiger partial charge on any atom is 0.257 e. The predicted octanol–water partition coefficient (Wildman–Crippen LogP) is 3.72. The fourth-order valence-electron chi connectivity index (χ4n) is 4.22. The fourth-order valence-corrected chi connectivity index (χ4v) is 4.42. The summed E-state index contributed by atoms with van der Waals surface area (Å²) in [5.74, 6) is 0.452. The molecular weight excluding hydrogens is 436 g/mol. The summed E-state index contributed by atoms with van der Waals surface area (Å²) in [7, 11) is 0. The molecule has 0 saturated heterocycles. The van der Waals surface area contributed by atoms with E-state index in [1.165, 1.54) is 5.56 Å². The van der Waals surface area contributed by atoms with E-state index in [4.69, 9.17) is 16.6 Å². The number of halogens is 1. The minimum atomic E-state index is -0.224. The van der Waals surface area contributed by atoms with Crippen LogP contribution in [0.1, 0.15) is 41.6 Å². The van der Waals surface area contributed by atoms with E-state index in [9.17, 15) is 9.59 Å². The van der Waals surface area contributed by atoms with E-state index in [1.54, 1.807) is 10.6 Å². The zero-order valence-electron chi connectivity index (χ0n) is 18.9. The van der Waals surface area contributed by atoms with E-state index in [0.717, 1.165) is 36.3 Å². The summed E-state index contributed by atoms with van der Waals surface area (Å²) in [6.07, 6.45) is 2.14. The van der Waals surface area contributed by atoms with Crippen molar-refractivity contribution in [2.24, 2.45) is 0 Å². The van der Waals surface area contributed by atoms with Crippen LogP contribution in [-0.2, 0) is 43.8 Å². The Morgan fingerprint density at radius 1 is 1.12 bits per heavy atom. The second kappa shape index (κ2) is 10.8. The molecule has 33 heavy (non-hydrogen) atoms. The van der Waals surface area contributed by atoms with E-state index in [2.05, 4.69) is 29.3 Å². The monoisotopic (exact) mass is 464 g/mol. The molecule has 0 fully saturated rings. The van der Waals surface area contributed by atoms with Crippen molar-refractivity contribution < 1.29 is 4.79 Å². The van der Waals surface area contributed by atoms with Crippen molar-refractivity contribution in [1.29, 1.82) is 0 Å². The number of fused-ring (bicyclic) bond motifs is 1. The van der Waals surface area contributed by atoms with E-state index in [0.29, 0.717) is 36.8 Å². The van der Waals surface area contributed by atoms with Crippen molar-refractivity contribution in [1.82, 2.24) is 19.8 Å². The highest BCUT2D eigenvalue weighted by atomic mass is 35.5. The number of aromatic nitrogens is 2. The van der Waals surface area contributed by atoms with Gasteiger partial charge in [-0.25, -0.2) is 4.98 Å². The van der Waals surface area contributed by atoms with Crippen LogP contribution in [0, 0.1) is 0 Å². The fraction of sp³-hybridized carbons (Fsp3) is 0.346. The molecule has 1 aliphatic rings. The molecule has 0 saturated carbocycles. The van der Waals surface area contributed by atoms with E-state index in [-0.39, 0.29) is 18.0 Å². The van der Waals surface area contributed by atoms with Gasteiger partial charge in [0, 0.05) is 43.2 Å². The average Bonchev–Trinajstić information content (AvgIpc) is 2.82. The molecule has 172 valence electrons. The summed E-state index contributed by atoms with van der Waals surface area (Å²) in [5.41, 5.74) is 3.58. The Bertz CT molecular complexity index is 1180. The summed E-state index contributed by atoms with van der Waals surface area (Å²) in [5, 5.41) is 3.49. The van der Waals surface area contributed by atoms with Crippen LogP contribution in [0.15, 0.2) is 59.4 Å². The molecule has 0 bridgehead atoms. The van der Waals surface area contributed by atoms with Crippen molar-refractivity contribution >= 4 is 17.5 Å². The number of nitrogens with one attached hydrogen (secondary N) is 1.